The average Bonchev–Trinajstić information content (AvgIpc) is 3.04. The Hall–Kier alpha value is -3.06. The second-order valence-electron chi connectivity index (χ2n) is 14.4. The van der Waals surface area contributed by atoms with Gasteiger partial charge in [-0.15, -0.1) is 0 Å². The van der Waals surface area contributed by atoms with E-state index in [-0.39, 0.29) is 21.7 Å². The molecule has 3 aliphatic heterocycles. The molecule has 0 N–H and O–H groups in total. The Kier molecular flexibility index (Phi) is 9.98. The molecule has 248 valence electrons. The van der Waals surface area contributed by atoms with E-state index in [1.165, 1.54) is 16.7 Å². The van der Waals surface area contributed by atoms with Gasteiger partial charge < -0.3 is 28.4 Å². The van der Waals surface area contributed by atoms with E-state index >= 15 is 0 Å². The summed E-state index contributed by atoms with van der Waals surface area (Å²) in [5.41, 5.74) is 4.13. The molecule has 0 bridgehead atoms. The lowest BCUT2D eigenvalue weighted by Crippen LogP contribution is -2.46. The molecular formula is C40H52O6. The van der Waals surface area contributed by atoms with Crippen molar-refractivity contribution in [3.63, 3.8) is 0 Å². The van der Waals surface area contributed by atoms with Crippen LogP contribution in [0.1, 0.15) is 70.1 Å². The molecule has 3 fully saturated rings. The van der Waals surface area contributed by atoms with Crippen molar-refractivity contribution in [2.24, 2.45) is 16.2 Å². The number of benzene rings is 3. The van der Waals surface area contributed by atoms with Crippen molar-refractivity contribution in [1.82, 2.24) is 0 Å². The highest BCUT2D eigenvalue weighted by Crippen LogP contribution is 2.40. The summed E-state index contributed by atoms with van der Waals surface area (Å²) in [6.45, 7) is 15.8. The topological polar surface area (TPSA) is 55.4 Å². The minimum Gasteiger partial charge on any atom is -0.493 e. The Morgan fingerprint density at radius 2 is 0.848 bits per heavy atom. The summed E-state index contributed by atoms with van der Waals surface area (Å²) < 4.78 is 35.1. The van der Waals surface area contributed by atoms with Gasteiger partial charge >= 0.3 is 0 Å². The van der Waals surface area contributed by atoms with Crippen molar-refractivity contribution in [3.8, 4) is 17.2 Å². The van der Waals surface area contributed by atoms with Crippen molar-refractivity contribution in [1.29, 1.82) is 0 Å². The predicted molar refractivity (Wildman–Crippen MR) is 181 cm³/mol. The van der Waals surface area contributed by atoms with E-state index in [4.69, 9.17) is 28.4 Å². The lowest BCUT2D eigenvalue weighted by Gasteiger charge is -2.40. The van der Waals surface area contributed by atoms with Gasteiger partial charge in [0.15, 0.2) is 0 Å². The number of hydrogen-bond acceptors (Lipinski definition) is 6. The molecule has 0 aromatic heterocycles. The maximum atomic E-state index is 6.25. The molecule has 0 saturated carbocycles. The molecule has 3 aromatic carbocycles. The largest absolute Gasteiger partial charge is 0.493 e. The monoisotopic (exact) mass is 628 g/mol. The van der Waals surface area contributed by atoms with Crippen LogP contribution in [0.15, 0.2) is 72.8 Å². The smallest absolute Gasteiger partial charge is 0.119 e. The second kappa shape index (κ2) is 14.0. The minimum atomic E-state index is -0.205. The van der Waals surface area contributed by atoms with E-state index in [9.17, 15) is 0 Å². The van der Waals surface area contributed by atoms with Gasteiger partial charge in [0.25, 0.3) is 0 Å². The normalized spacial score (nSPS) is 19.3. The summed E-state index contributed by atoms with van der Waals surface area (Å²) >= 11 is 0. The van der Waals surface area contributed by atoms with E-state index in [0.717, 1.165) is 89.0 Å². The zero-order valence-corrected chi connectivity index (χ0v) is 28.3. The van der Waals surface area contributed by atoms with Crippen LogP contribution in [0.4, 0.5) is 0 Å². The molecule has 6 heteroatoms. The van der Waals surface area contributed by atoms with Crippen molar-refractivity contribution in [2.75, 3.05) is 59.5 Å². The summed E-state index contributed by atoms with van der Waals surface area (Å²) in [6, 6.07) is 26.1. The SMILES string of the molecule is CCC1(COc2ccc(CCC(C)(c3ccc(OCC4(CC)COC4)cc3)c3ccc(OCC4(CC)COC4)cc3)cc2)COC1. The fourth-order valence-corrected chi connectivity index (χ4v) is 6.49. The van der Waals surface area contributed by atoms with Crippen LogP contribution in [0.25, 0.3) is 0 Å². The Labute approximate surface area is 275 Å². The Morgan fingerprint density at radius 3 is 1.13 bits per heavy atom. The quantitative estimate of drug-likeness (QED) is 0.151. The first-order valence-electron chi connectivity index (χ1n) is 17.2. The standard InChI is InChI=1S/C40H52O6/c1-5-38(22-41-23-38)28-44-34-14-8-31(9-15-34)20-21-37(4,32-10-16-35(17-11-32)45-29-39(6-2)24-42-25-39)33-12-18-36(19-13-33)46-30-40(7-3)26-43-27-40/h8-19H,5-7,20-30H2,1-4H3. The van der Waals surface area contributed by atoms with Crippen molar-refractivity contribution >= 4 is 0 Å². The summed E-state index contributed by atoms with van der Waals surface area (Å²) in [7, 11) is 0. The van der Waals surface area contributed by atoms with Crippen molar-refractivity contribution < 1.29 is 28.4 Å². The van der Waals surface area contributed by atoms with Gasteiger partial charge in [-0.2, -0.15) is 0 Å². The number of ether oxygens (including phenoxy) is 6. The van der Waals surface area contributed by atoms with E-state index in [2.05, 4.69) is 100 Å². The molecular weight excluding hydrogens is 576 g/mol. The van der Waals surface area contributed by atoms with Gasteiger partial charge in [0.2, 0.25) is 0 Å². The molecule has 46 heavy (non-hydrogen) atoms. The maximum absolute atomic E-state index is 6.25. The molecule has 0 unspecified atom stereocenters. The molecule has 0 atom stereocenters. The first kappa shape index (κ1) is 32.9. The molecule has 3 aromatic rings. The van der Waals surface area contributed by atoms with Crippen LogP contribution in [0, 0.1) is 16.2 Å². The van der Waals surface area contributed by atoms with Gasteiger partial charge in [0, 0.05) is 5.41 Å². The highest BCUT2D eigenvalue weighted by Gasteiger charge is 2.39. The van der Waals surface area contributed by atoms with E-state index < -0.39 is 0 Å². The number of rotatable bonds is 17. The van der Waals surface area contributed by atoms with Crippen LogP contribution < -0.4 is 14.2 Å². The third-order valence-corrected chi connectivity index (χ3v) is 11.2. The van der Waals surface area contributed by atoms with Crippen molar-refractivity contribution in [2.45, 2.75) is 65.2 Å². The van der Waals surface area contributed by atoms with Crippen molar-refractivity contribution in [3.05, 3.63) is 89.5 Å². The lowest BCUT2D eigenvalue weighted by molar-refractivity contribution is -0.133. The van der Waals surface area contributed by atoms with Gasteiger partial charge in [-0.3, -0.25) is 0 Å². The summed E-state index contributed by atoms with van der Waals surface area (Å²) in [5, 5.41) is 0. The first-order chi connectivity index (χ1) is 22.3. The van der Waals surface area contributed by atoms with Crippen LogP contribution in [0.3, 0.4) is 0 Å². The third kappa shape index (κ3) is 7.10. The molecule has 0 aliphatic carbocycles. The third-order valence-electron chi connectivity index (χ3n) is 11.2. The minimum absolute atomic E-state index is 0.156. The van der Waals surface area contributed by atoms with Crippen LogP contribution in [-0.2, 0) is 26.0 Å². The molecule has 3 saturated heterocycles. The summed E-state index contributed by atoms with van der Waals surface area (Å²) in [4.78, 5) is 0. The van der Waals surface area contributed by atoms with Gasteiger partial charge in [-0.25, -0.2) is 0 Å². The lowest BCUT2D eigenvalue weighted by atomic mass is 9.72. The Balaban J connectivity index is 1.15. The molecule has 0 amide bonds. The zero-order valence-electron chi connectivity index (χ0n) is 28.3. The van der Waals surface area contributed by atoms with Crippen LogP contribution in [0.5, 0.6) is 17.2 Å². The zero-order chi connectivity index (χ0) is 32.1. The fraction of sp³-hybridized carbons (Fsp3) is 0.550. The molecule has 0 spiro atoms. The highest BCUT2D eigenvalue weighted by atomic mass is 16.5. The number of aryl methyl sites for hydroxylation is 1. The van der Waals surface area contributed by atoms with E-state index in [1.807, 2.05) is 0 Å². The molecule has 0 radical (unpaired) electrons. The fourth-order valence-electron chi connectivity index (χ4n) is 6.49. The molecule has 3 heterocycles. The van der Waals surface area contributed by atoms with E-state index in [0.29, 0.717) is 19.8 Å². The highest BCUT2D eigenvalue weighted by molar-refractivity contribution is 5.43. The van der Waals surface area contributed by atoms with Gasteiger partial charge in [0.05, 0.1) is 75.7 Å². The summed E-state index contributed by atoms with van der Waals surface area (Å²) in [6.07, 6.45) is 5.11. The average molecular weight is 629 g/mol. The van der Waals surface area contributed by atoms with Crippen LogP contribution >= 0.6 is 0 Å². The van der Waals surface area contributed by atoms with E-state index in [1.54, 1.807) is 0 Å². The van der Waals surface area contributed by atoms with Crippen LogP contribution in [0.2, 0.25) is 0 Å². The Bertz CT molecular complexity index is 1300. The van der Waals surface area contributed by atoms with Gasteiger partial charge in [-0.1, -0.05) is 64.1 Å². The predicted octanol–water partition coefficient (Wildman–Crippen LogP) is 8.04. The number of hydrogen-bond donors (Lipinski definition) is 0. The summed E-state index contributed by atoms with van der Waals surface area (Å²) in [5.74, 6) is 2.75. The Morgan fingerprint density at radius 1 is 0.522 bits per heavy atom. The molecule has 6 nitrogen and oxygen atoms in total. The van der Waals surface area contributed by atoms with Gasteiger partial charge in [0.1, 0.15) is 17.2 Å². The van der Waals surface area contributed by atoms with Crippen LogP contribution in [-0.4, -0.2) is 59.5 Å². The van der Waals surface area contributed by atoms with Gasteiger partial charge in [-0.05, 0) is 85.2 Å². The maximum Gasteiger partial charge on any atom is 0.119 e. The molecule has 6 rings (SSSR count). The first-order valence-corrected chi connectivity index (χ1v) is 17.2. The molecule has 3 aliphatic rings. The second-order valence-corrected chi connectivity index (χ2v) is 14.4.